The SMILES string of the molecule is COc1cc(Nc2nc(N3CCC(C)CC3)ncc2Cl)cc2cc(OCC(N)=O)c(=O)n(C)c12. The minimum absolute atomic E-state index is 0.00897. The summed E-state index contributed by atoms with van der Waals surface area (Å²) < 4.78 is 12.3. The van der Waals surface area contributed by atoms with Crippen LogP contribution in [-0.2, 0) is 11.8 Å². The Morgan fingerprint density at radius 2 is 2.00 bits per heavy atom. The molecule has 3 heterocycles. The lowest BCUT2D eigenvalue weighted by atomic mass is 10.00. The number of primary amides is 1. The van der Waals surface area contributed by atoms with Crippen molar-refractivity contribution >= 4 is 45.9 Å². The molecule has 0 spiro atoms. The monoisotopic (exact) mass is 486 g/mol. The van der Waals surface area contributed by atoms with Crippen molar-refractivity contribution in [2.75, 3.05) is 37.0 Å². The van der Waals surface area contributed by atoms with E-state index in [0.29, 0.717) is 45.0 Å². The molecule has 0 bridgehead atoms. The molecule has 1 amide bonds. The number of methoxy groups -OCH3 is 1. The minimum Gasteiger partial charge on any atom is -0.494 e. The molecule has 2 aromatic heterocycles. The molecule has 1 aromatic carbocycles. The molecule has 1 aliphatic rings. The van der Waals surface area contributed by atoms with Crippen LogP contribution >= 0.6 is 11.6 Å². The van der Waals surface area contributed by atoms with Crippen LogP contribution in [0.15, 0.2) is 29.2 Å². The van der Waals surface area contributed by atoms with Crippen molar-refractivity contribution in [1.82, 2.24) is 14.5 Å². The highest BCUT2D eigenvalue weighted by atomic mass is 35.5. The molecule has 0 radical (unpaired) electrons. The van der Waals surface area contributed by atoms with Crippen molar-refractivity contribution in [3.05, 3.63) is 39.8 Å². The third kappa shape index (κ3) is 4.86. The van der Waals surface area contributed by atoms with Gasteiger partial charge in [0, 0.05) is 37.3 Å². The van der Waals surface area contributed by atoms with Gasteiger partial charge in [0.1, 0.15) is 10.8 Å². The van der Waals surface area contributed by atoms with Crippen LogP contribution < -0.4 is 31.0 Å². The molecular formula is C23H27ClN6O4. The molecule has 11 heteroatoms. The van der Waals surface area contributed by atoms with Gasteiger partial charge < -0.3 is 30.0 Å². The van der Waals surface area contributed by atoms with Crippen LogP contribution in [0.4, 0.5) is 17.5 Å². The van der Waals surface area contributed by atoms with Crippen LogP contribution in [0.25, 0.3) is 10.9 Å². The van der Waals surface area contributed by atoms with Gasteiger partial charge in [-0.1, -0.05) is 18.5 Å². The lowest BCUT2D eigenvalue weighted by Gasteiger charge is -2.30. The molecule has 1 aliphatic heterocycles. The molecule has 0 atom stereocenters. The largest absolute Gasteiger partial charge is 0.494 e. The average Bonchev–Trinajstić information content (AvgIpc) is 2.81. The first kappa shape index (κ1) is 23.6. The zero-order valence-corrected chi connectivity index (χ0v) is 20.1. The number of halogens is 1. The number of hydrogen-bond acceptors (Lipinski definition) is 8. The number of nitrogens with zero attached hydrogens (tertiary/aromatic N) is 4. The summed E-state index contributed by atoms with van der Waals surface area (Å²) in [6.07, 6.45) is 3.77. The summed E-state index contributed by atoms with van der Waals surface area (Å²) >= 11 is 6.40. The van der Waals surface area contributed by atoms with Gasteiger partial charge in [-0.15, -0.1) is 0 Å². The van der Waals surface area contributed by atoms with Gasteiger partial charge in [0.15, 0.2) is 18.2 Å². The number of hydrogen-bond donors (Lipinski definition) is 2. The number of piperidine rings is 1. The number of nitrogens with one attached hydrogen (secondary N) is 1. The van der Waals surface area contributed by atoms with Crippen molar-refractivity contribution < 1.29 is 14.3 Å². The number of carbonyl (C=O) groups excluding carboxylic acids is 1. The molecule has 34 heavy (non-hydrogen) atoms. The highest BCUT2D eigenvalue weighted by molar-refractivity contribution is 6.32. The first-order valence-electron chi connectivity index (χ1n) is 10.9. The number of pyridine rings is 1. The second-order valence-electron chi connectivity index (χ2n) is 8.41. The average molecular weight is 487 g/mol. The van der Waals surface area contributed by atoms with E-state index in [4.69, 9.17) is 26.8 Å². The van der Waals surface area contributed by atoms with Gasteiger partial charge in [-0.3, -0.25) is 9.59 Å². The molecule has 0 saturated carbocycles. The van der Waals surface area contributed by atoms with E-state index >= 15 is 0 Å². The van der Waals surface area contributed by atoms with E-state index in [1.807, 2.05) is 6.07 Å². The lowest BCUT2D eigenvalue weighted by Crippen LogP contribution is -2.34. The van der Waals surface area contributed by atoms with E-state index in [1.165, 1.54) is 11.7 Å². The number of fused-ring (bicyclic) bond motifs is 1. The van der Waals surface area contributed by atoms with Gasteiger partial charge in [0.2, 0.25) is 5.95 Å². The number of ether oxygens (including phenoxy) is 2. The Labute approximate surface area is 201 Å². The summed E-state index contributed by atoms with van der Waals surface area (Å²) in [6, 6.07) is 5.12. The Balaban J connectivity index is 1.71. The minimum atomic E-state index is -0.674. The van der Waals surface area contributed by atoms with E-state index in [1.54, 1.807) is 25.4 Å². The normalized spacial score (nSPS) is 14.3. The predicted molar refractivity (Wildman–Crippen MR) is 131 cm³/mol. The number of aryl methyl sites for hydroxylation is 1. The van der Waals surface area contributed by atoms with Crippen LogP contribution in [0.3, 0.4) is 0 Å². The highest BCUT2D eigenvalue weighted by Crippen LogP contribution is 2.33. The third-order valence-electron chi connectivity index (χ3n) is 5.89. The molecular weight excluding hydrogens is 460 g/mol. The fourth-order valence-electron chi connectivity index (χ4n) is 3.99. The lowest BCUT2D eigenvalue weighted by molar-refractivity contribution is -0.119. The number of rotatable bonds is 7. The summed E-state index contributed by atoms with van der Waals surface area (Å²) in [5, 5.41) is 4.26. The maximum absolute atomic E-state index is 12.7. The van der Waals surface area contributed by atoms with Gasteiger partial charge >= 0.3 is 0 Å². The van der Waals surface area contributed by atoms with Gasteiger partial charge in [0.25, 0.3) is 11.5 Å². The second-order valence-corrected chi connectivity index (χ2v) is 8.81. The van der Waals surface area contributed by atoms with E-state index in [0.717, 1.165) is 25.9 Å². The van der Waals surface area contributed by atoms with E-state index in [2.05, 4.69) is 27.1 Å². The van der Waals surface area contributed by atoms with Crippen LogP contribution in [0.2, 0.25) is 5.02 Å². The predicted octanol–water partition coefficient (Wildman–Crippen LogP) is 2.83. The van der Waals surface area contributed by atoms with Crippen LogP contribution in [0, 0.1) is 5.92 Å². The Morgan fingerprint density at radius 3 is 2.68 bits per heavy atom. The maximum atomic E-state index is 12.7. The van der Waals surface area contributed by atoms with Crippen molar-refractivity contribution in [3.63, 3.8) is 0 Å². The quantitative estimate of drug-likeness (QED) is 0.522. The Hall–Kier alpha value is -3.53. The Bertz CT molecular complexity index is 1290. The van der Waals surface area contributed by atoms with E-state index < -0.39 is 18.1 Å². The molecule has 180 valence electrons. The highest BCUT2D eigenvalue weighted by Gasteiger charge is 2.20. The van der Waals surface area contributed by atoms with Crippen LogP contribution in [-0.4, -0.2) is 47.2 Å². The molecule has 0 aliphatic carbocycles. The zero-order chi connectivity index (χ0) is 24.4. The summed E-state index contributed by atoms with van der Waals surface area (Å²) in [7, 11) is 3.12. The van der Waals surface area contributed by atoms with Crippen molar-refractivity contribution in [2.45, 2.75) is 19.8 Å². The molecule has 1 fully saturated rings. The summed E-state index contributed by atoms with van der Waals surface area (Å²) in [4.78, 5) is 35.0. The summed E-state index contributed by atoms with van der Waals surface area (Å²) in [5.41, 5.74) is 5.95. The number of amides is 1. The molecule has 3 aromatic rings. The Morgan fingerprint density at radius 1 is 1.26 bits per heavy atom. The number of anilines is 3. The smallest absolute Gasteiger partial charge is 0.293 e. The van der Waals surface area contributed by atoms with E-state index in [-0.39, 0.29) is 5.75 Å². The second kappa shape index (κ2) is 9.76. The maximum Gasteiger partial charge on any atom is 0.293 e. The zero-order valence-electron chi connectivity index (χ0n) is 19.3. The molecule has 0 unspecified atom stereocenters. The van der Waals surface area contributed by atoms with Gasteiger partial charge in [-0.2, -0.15) is 4.98 Å². The number of aromatic nitrogens is 3. The van der Waals surface area contributed by atoms with Crippen molar-refractivity contribution in [2.24, 2.45) is 18.7 Å². The van der Waals surface area contributed by atoms with E-state index in [9.17, 15) is 9.59 Å². The van der Waals surface area contributed by atoms with Crippen molar-refractivity contribution in [3.8, 4) is 11.5 Å². The van der Waals surface area contributed by atoms with Gasteiger partial charge in [-0.05, 0) is 30.9 Å². The van der Waals surface area contributed by atoms with Gasteiger partial charge in [-0.25, -0.2) is 4.98 Å². The summed E-state index contributed by atoms with van der Waals surface area (Å²) in [5.74, 6) is 1.58. The topological polar surface area (TPSA) is 125 Å². The number of nitrogens with two attached hydrogens (primary N) is 1. The molecule has 10 nitrogen and oxygen atoms in total. The standard InChI is InChI=1S/C23H27ClN6O4/c1-13-4-6-30(7-5-13)23-26-11-16(24)21(28-23)27-15-8-14-9-18(34-12-19(25)31)22(32)29(2)20(14)17(10-15)33-3/h8-11,13H,4-7,12H2,1-3H3,(H2,25,31)(H,26,27,28). The fraction of sp³-hybridized carbons (Fsp3) is 0.391. The number of carbonyl (C=O) groups is 1. The first-order valence-corrected chi connectivity index (χ1v) is 11.3. The first-order chi connectivity index (χ1) is 16.3. The van der Waals surface area contributed by atoms with Crippen LogP contribution in [0.5, 0.6) is 11.5 Å². The molecule has 4 rings (SSSR count). The van der Waals surface area contributed by atoms with Gasteiger partial charge in [0.05, 0.1) is 18.8 Å². The fourth-order valence-corrected chi connectivity index (χ4v) is 4.13. The molecule has 3 N–H and O–H groups in total. The molecule has 1 saturated heterocycles. The Kier molecular flexibility index (Phi) is 6.78. The van der Waals surface area contributed by atoms with Crippen molar-refractivity contribution in [1.29, 1.82) is 0 Å². The third-order valence-corrected chi connectivity index (χ3v) is 6.17. The summed E-state index contributed by atoms with van der Waals surface area (Å²) in [6.45, 7) is 3.65. The number of benzene rings is 1. The van der Waals surface area contributed by atoms with Crippen LogP contribution in [0.1, 0.15) is 19.8 Å².